The highest BCUT2D eigenvalue weighted by molar-refractivity contribution is 5.53. The molecule has 21 heavy (non-hydrogen) atoms. The minimum absolute atomic E-state index is 0.543. The lowest BCUT2D eigenvalue weighted by atomic mass is 10.1. The summed E-state index contributed by atoms with van der Waals surface area (Å²) in [4.78, 5) is 5.04. The second-order valence-electron chi connectivity index (χ2n) is 6.20. The highest BCUT2D eigenvalue weighted by Gasteiger charge is 2.18. The normalized spacial score (nSPS) is 23.6. The molecule has 2 aliphatic rings. The van der Waals surface area contributed by atoms with Crippen LogP contribution in [0.25, 0.3) is 0 Å². The predicted octanol–water partition coefficient (Wildman–Crippen LogP) is 2.35. The topological polar surface area (TPSA) is 41.7 Å². The van der Waals surface area contributed by atoms with Crippen molar-refractivity contribution in [2.75, 3.05) is 50.0 Å². The fraction of sp³-hybridized carbons (Fsp3) is 0.647. The lowest BCUT2D eigenvalue weighted by Crippen LogP contribution is -2.46. The maximum absolute atomic E-state index is 5.75. The van der Waals surface area contributed by atoms with Crippen molar-refractivity contribution in [1.29, 1.82) is 0 Å². The van der Waals surface area contributed by atoms with Gasteiger partial charge in [-0.25, -0.2) is 0 Å². The van der Waals surface area contributed by atoms with E-state index < -0.39 is 0 Å². The molecular weight excluding hydrogens is 262 g/mol. The molecule has 0 saturated carbocycles. The number of benzene rings is 1. The average Bonchev–Trinajstić information content (AvgIpc) is 3.02. The molecule has 0 bridgehead atoms. The van der Waals surface area contributed by atoms with E-state index in [1.807, 2.05) is 12.1 Å². The van der Waals surface area contributed by atoms with Crippen LogP contribution in [0, 0.1) is 0 Å². The minimum Gasteiger partial charge on any atom is -0.399 e. The van der Waals surface area contributed by atoms with Gasteiger partial charge in [-0.1, -0.05) is 0 Å². The second-order valence-corrected chi connectivity index (χ2v) is 6.20. The molecule has 0 aromatic heterocycles. The molecule has 1 aromatic carbocycles. The van der Waals surface area contributed by atoms with Crippen LogP contribution in [-0.4, -0.2) is 50.3 Å². The number of ether oxygens (including phenoxy) is 1. The molecule has 1 unspecified atom stereocenters. The van der Waals surface area contributed by atoms with Crippen molar-refractivity contribution >= 4 is 11.4 Å². The zero-order valence-electron chi connectivity index (χ0n) is 12.8. The Morgan fingerprint density at radius 1 is 1.10 bits per heavy atom. The van der Waals surface area contributed by atoms with Gasteiger partial charge in [0.15, 0.2) is 0 Å². The number of nitrogen functional groups attached to an aromatic ring is 1. The Morgan fingerprint density at radius 2 is 1.86 bits per heavy atom. The summed E-state index contributed by atoms with van der Waals surface area (Å²) in [6.45, 7) is 6.75. The molecule has 2 fully saturated rings. The Labute approximate surface area is 127 Å². The zero-order valence-corrected chi connectivity index (χ0v) is 12.8. The molecule has 0 amide bonds. The number of piperazine rings is 1. The molecular formula is C17H27N3O. The van der Waals surface area contributed by atoms with E-state index in [1.165, 1.54) is 37.9 Å². The fourth-order valence-electron chi connectivity index (χ4n) is 3.33. The van der Waals surface area contributed by atoms with Crippen LogP contribution < -0.4 is 10.6 Å². The summed E-state index contributed by atoms with van der Waals surface area (Å²) >= 11 is 0. The molecule has 116 valence electrons. The van der Waals surface area contributed by atoms with Crippen molar-refractivity contribution in [2.24, 2.45) is 0 Å². The third-order valence-corrected chi connectivity index (χ3v) is 4.65. The van der Waals surface area contributed by atoms with E-state index in [-0.39, 0.29) is 0 Å². The smallest absolute Gasteiger partial charge is 0.0576 e. The number of hydrogen-bond acceptors (Lipinski definition) is 4. The maximum atomic E-state index is 5.75. The molecule has 0 radical (unpaired) electrons. The first-order valence-electron chi connectivity index (χ1n) is 8.26. The summed E-state index contributed by atoms with van der Waals surface area (Å²) < 4.78 is 5.69. The Bertz CT molecular complexity index is 420. The van der Waals surface area contributed by atoms with Crippen molar-refractivity contribution in [3.63, 3.8) is 0 Å². The van der Waals surface area contributed by atoms with E-state index in [4.69, 9.17) is 10.5 Å². The average molecular weight is 289 g/mol. The molecule has 4 heteroatoms. The Hall–Kier alpha value is -1.26. The monoisotopic (exact) mass is 289 g/mol. The van der Waals surface area contributed by atoms with Gasteiger partial charge in [-0.3, -0.25) is 4.90 Å². The van der Waals surface area contributed by atoms with Gasteiger partial charge in [-0.15, -0.1) is 0 Å². The second kappa shape index (κ2) is 7.14. The largest absolute Gasteiger partial charge is 0.399 e. The van der Waals surface area contributed by atoms with Gasteiger partial charge in [0.1, 0.15) is 0 Å². The van der Waals surface area contributed by atoms with Crippen LogP contribution in [-0.2, 0) is 4.74 Å². The molecule has 4 nitrogen and oxygen atoms in total. The van der Waals surface area contributed by atoms with Crippen molar-refractivity contribution < 1.29 is 4.74 Å². The van der Waals surface area contributed by atoms with E-state index in [0.717, 1.165) is 38.5 Å². The summed E-state index contributed by atoms with van der Waals surface area (Å²) in [6, 6.07) is 8.23. The fourth-order valence-corrected chi connectivity index (χ4v) is 3.33. The van der Waals surface area contributed by atoms with Gasteiger partial charge in [0, 0.05) is 44.2 Å². The van der Waals surface area contributed by atoms with E-state index >= 15 is 0 Å². The summed E-state index contributed by atoms with van der Waals surface area (Å²) in [7, 11) is 0. The molecule has 2 heterocycles. The lowest BCUT2D eigenvalue weighted by Gasteiger charge is -2.36. The number of nitrogens with zero attached hydrogens (tertiary/aromatic N) is 2. The number of rotatable bonds is 5. The van der Waals surface area contributed by atoms with Gasteiger partial charge in [-0.05, 0) is 56.5 Å². The van der Waals surface area contributed by atoms with Crippen LogP contribution in [0.4, 0.5) is 11.4 Å². The summed E-state index contributed by atoms with van der Waals surface area (Å²) in [5.74, 6) is 0. The van der Waals surface area contributed by atoms with Gasteiger partial charge in [0.25, 0.3) is 0 Å². The van der Waals surface area contributed by atoms with Gasteiger partial charge in [0.2, 0.25) is 0 Å². The first-order valence-corrected chi connectivity index (χ1v) is 8.26. The summed E-state index contributed by atoms with van der Waals surface area (Å²) in [5, 5.41) is 0. The third kappa shape index (κ3) is 4.11. The SMILES string of the molecule is Nc1ccc(N2CCN(CCCC3CCCO3)CC2)cc1. The highest BCUT2D eigenvalue weighted by Crippen LogP contribution is 2.19. The van der Waals surface area contributed by atoms with Crippen LogP contribution >= 0.6 is 0 Å². The molecule has 2 N–H and O–H groups in total. The van der Waals surface area contributed by atoms with E-state index in [0.29, 0.717) is 6.10 Å². The quantitative estimate of drug-likeness (QED) is 0.845. The first kappa shape index (κ1) is 14.7. The molecule has 2 saturated heterocycles. The molecule has 1 aromatic rings. The van der Waals surface area contributed by atoms with Crippen molar-refractivity contribution in [2.45, 2.75) is 31.8 Å². The summed E-state index contributed by atoms with van der Waals surface area (Å²) in [6.07, 6.45) is 5.57. The van der Waals surface area contributed by atoms with Crippen LogP contribution in [0.3, 0.4) is 0 Å². The van der Waals surface area contributed by atoms with Crippen LogP contribution in [0.2, 0.25) is 0 Å². The summed E-state index contributed by atoms with van der Waals surface area (Å²) in [5.41, 5.74) is 7.88. The number of anilines is 2. The molecule has 0 aliphatic carbocycles. The molecule has 0 spiro atoms. The first-order chi connectivity index (χ1) is 10.3. The maximum Gasteiger partial charge on any atom is 0.0576 e. The van der Waals surface area contributed by atoms with Crippen molar-refractivity contribution in [3.05, 3.63) is 24.3 Å². The predicted molar refractivity (Wildman–Crippen MR) is 87.7 cm³/mol. The zero-order chi connectivity index (χ0) is 14.5. The van der Waals surface area contributed by atoms with Crippen LogP contribution in [0.1, 0.15) is 25.7 Å². The van der Waals surface area contributed by atoms with Crippen molar-refractivity contribution in [3.8, 4) is 0 Å². The van der Waals surface area contributed by atoms with Crippen LogP contribution in [0.15, 0.2) is 24.3 Å². The standard InChI is InChI=1S/C17H27N3O/c18-15-5-7-16(8-6-15)20-12-10-19(11-13-20)9-1-3-17-4-2-14-21-17/h5-8,17H,1-4,9-14,18H2. The van der Waals surface area contributed by atoms with Crippen molar-refractivity contribution in [1.82, 2.24) is 4.90 Å². The van der Waals surface area contributed by atoms with E-state index in [2.05, 4.69) is 21.9 Å². The Kier molecular flexibility index (Phi) is 4.99. The third-order valence-electron chi connectivity index (χ3n) is 4.65. The molecule has 2 aliphatic heterocycles. The van der Waals surface area contributed by atoms with E-state index in [9.17, 15) is 0 Å². The van der Waals surface area contributed by atoms with Gasteiger partial charge in [0.05, 0.1) is 6.10 Å². The van der Waals surface area contributed by atoms with Crippen LogP contribution in [0.5, 0.6) is 0 Å². The van der Waals surface area contributed by atoms with Gasteiger partial charge < -0.3 is 15.4 Å². The number of hydrogen-bond donors (Lipinski definition) is 1. The minimum atomic E-state index is 0.543. The Morgan fingerprint density at radius 3 is 2.52 bits per heavy atom. The van der Waals surface area contributed by atoms with Gasteiger partial charge >= 0.3 is 0 Å². The molecule has 3 rings (SSSR count). The lowest BCUT2D eigenvalue weighted by molar-refractivity contribution is 0.0984. The molecule has 1 atom stereocenters. The Balaban J connectivity index is 1.37. The van der Waals surface area contributed by atoms with E-state index in [1.54, 1.807) is 0 Å². The number of nitrogens with two attached hydrogens (primary N) is 1. The van der Waals surface area contributed by atoms with Gasteiger partial charge in [-0.2, -0.15) is 0 Å². The highest BCUT2D eigenvalue weighted by atomic mass is 16.5.